The van der Waals surface area contributed by atoms with Crippen LogP contribution in [0.3, 0.4) is 0 Å². The van der Waals surface area contributed by atoms with Gasteiger partial charge in [0.25, 0.3) is 5.91 Å². The van der Waals surface area contributed by atoms with Crippen molar-refractivity contribution < 1.29 is 4.79 Å². The lowest BCUT2D eigenvalue weighted by atomic mass is 10.2. The second-order valence-corrected chi connectivity index (χ2v) is 5.77. The van der Waals surface area contributed by atoms with Gasteiger partial charge in [0, 0.05) is 24.5 Å². The number of anilines is 1. The number of nitrogen functional groups attached to an aromatic ring is 1. The van der Waals surface area contributed by atoms with Crippen molar-refractivity contribution >= 4 is 23.4 Å². The van der Waals surface area contributed by atoms with Crippen LogP contribution in [0.15, 0.2) is 6.20 Å². The number of nitrogens with two attached hydrogens (primary N) is 1. The van der Waals surface area contributed by atoms with E-state index in [9.17, 15) is 4.79 Å². The van der Waals surface area contributed by atoms with Crippen LogP contribution in [-0.4, -0.2) is 33.2 Å². The predicted octanol–water partition coefficient (Wildman–Crippen LogP) is 0.874. The number of rotatable bonds is 4. The summed E-state index contributed by atoms with van der Waals surface area (Å²) in [7, 11) is 1.74. The molecular formula is C10H18N4OS. The van der Waals surface area contributed by atoms with E-state index in [4.69, 9.17) is 5.73 Å². The summed E-state index contributed by atoms with van der Waals surface area (Å²) in [6.07, 6.45) is 3.63. The molecule has 3 N–H and O–H groups in total. The molecule has 6 heteroatoms. The van der Waals surface area contributed by atoms with Crippen molar-refractivity contribution in [2.45, 2.75) is 18.6 Å². The van der Waals surface area contributed by atoms with Crippen molar-refractivity contribution in [1.29, 1.82) is 0 Å². The number of hydrogen-bond donors (Lipinski definition) is 2. The highest BCUT2D eigenvalue weighted by Crippen LogP contribution is 2.19. The molecule has 5 nitrogen and oxygen atoms in total. The maximum atomic E-state index is 11.8. The zero-order chi connectivity index (χ0) is 12.3. The van der Waals surface area contributed by atoms with Crippen LogP contribution < -0.4 is 11.1 Å². The van der Waals surface area contributed by atoms with Gasteiger partial charge >= 0.3 is 0 Å². The van der Waals surface area contributed by atoms with Crippen LogP contribution in [0.1, 0.15) is 24.3 Å². The van der Waals surface area contributed by atoms with Crippen LogP contribution in [0.5, 0.6) is 0 Å². The number of aromatic nitrogens is 2. The standard InChI is InChI=1S/C10H18N4OS/c1-10(2,16-4)6-12-9(15)8-7(11)5-14(3)13-8/h5H,6,11H2,1-4H3,(H,12,15). The predicted molar refractivity (Wildman–Crippen MR) is 67.5 cm³/mol. The largest absolute Gasteiger partial charge is 0.396 e. The van der Waals surface area contributed by atoms with Gasteiger partial charge in [0.2, 0.25) is 0 Å². The molecule has 0 bridgehead atoms. The van der Waals surface area contributed by atoms with Gasteiger partial charge in [-0.15, -0.1) is 0 Å². The lowest BCUT2D eigenvalue weighted by molar-refractivity contribution is 0.0946. The van der Waals surface area contributed by atoms with Crippen LogP contribution in [-0.2, 0) is 7.05 Å². The summed E-state index contributed by atoms with van der Waals surface area (Å²) in [4.78, 5) is 11.8. The molecule has 1 aromatic heterocycles. The Labute approximate surface area is 99.8 Å². The van der Waals surface area contributed by atoms with E-state index in [0.717, 1.165) is 0 Å². The van der Waals surface area contributed by atoms with Gasteiger partial charge in [-0.05, 0) is 20.1 Å². The van der Waals surface area contributed by atoms with Gasteiger partial charge in [-0.1, -0.05) is 0 Å². The fourth-order valence-corrected chi connectivity index (χ4v) is 1.35. The normalized spacial score (nSPS) is 11.5. The lowest BCUT2D eigenvalue weighted by Gasteiger charge is -2.21. The first-order chi connectivity index (χ1) is 7.35. The fraction of sp³-hybridized carbons (Fsp3) is 0.600. The number of hydrogen-bond acceptors (Lipinski definition) is 4. The fourth-order valence-electron chi connectivity index (χ4n) is 1.13. The van der Waals surface area contributed by atoms with E-state index >= 15 is 0 Å². The van der Waals surface area contributed by atoms with Gasteiger partial charge in [0.05, 0.1) is 5.69 Å². The van der Waals surface area contributed by atoms with Crippen LogP contribution in [0.2, 0.25) is 0 Å². The second-order valence-electron chi connectivity index (χ2n) is 4.25. The molecule has 0 aliphatic carbocycles. The van der Waals surface area contributed by atoms with Crippen molar-refractivity contribution in [2.75, 3.05) is 18.5 Å². The zero-order valence-electron chi connectivity index (χ0n) is 10.1. The molecule has 0 fully saturated rings. The molecule has 90 valence electrons. The summed E-state index contributed by atoms with van der Waals surface area (Å²) in [6, 6.07) is 0. The Kier molecular flexibility index (Phi) is 3.85. The van der Waals surface area contributed by atoms with Crippen LogP contribution in [0, 0.1) is 0 Å². The van der Waals surface area contributed by atoms with E-state index in [-0.39, 0.29) is 10.7 Å². The molecule has 0 aliphatic rings. The Morgan fingerprint density at radius 1 is 1.69 bits per heavy atom. The van der Waals surface area contributed by atoms with Crippen molar-refractivity contribution in [2.24, 2.45) is 7.05 Å². The molecule has 1 aromatic rings. The van der Waals surface area contributed by atoms with E-state index < -0.39 is 0 Å². The number of amides is 1. The first kappa shape index (κ1) is 12.9. The van der Waals surface area contributed by atoms with E-state index in [1.807, 2.05) is 6.26 Å². The molecule has 16 heavy (non-hydrogen) atoms. The van der Waals surface area contributed by atoms with Crippen molar-refractivity contribution in [3.05, 3.63) is 11.9 Å². The maximum Gasteiger partial charge on any atom is 0.273 e. The van der Waals surface area contributed by atoms with E-state index in [0.29, 0.717) is 17.9 Å². The quantitative estimate of drug-likeness (QED) is 0.822. The van der Waals surface area contributed by atoms with E-state index in [1.165, 1.54) is 4.68 Å². The molecule has 0 saturated heterocycles. The van der Waals surface area contributed by atoms with Crippen molar-refractivity contribution in [3.63, 3.8) is 0 Å². The second kappa shape index (κ2) is 4.78. The minimum absolute atomic E-state index is 0.0131. The van der Waals surface area contributed by atoms with Gasteiger partial charge in [0.15, 0.2) is 5.69 Å². The van der Waals surface area contributed by atoms with Crippen molar-refractivity contribution in [1.82, 2.24) is 15.1 Å². The monoisotopic (exact) mass is 242 g/mol. The summed E-state index contributed by atoms with van der Waals surface area (Å²) in [5.74, 6) is -0.222. The highest BCUT2D eigenvalue weighted by molar-refractivity contribution is 7.99. The van der Waals surface area contributed by atoms with Gasteiger partial charge < -0.3 is 11.1 Å². The topological polar surface area (TPSA) is 72.9 Å². The molecule has 0 aliphatic heterocycles. The minimum atomic E-state index is -0.222. The molecular weight excluding hydrogens is 224 g/mol. The number of nitrogens with zero attached hydrogens (tertiary/aromatic N) is 2. The lowest BCUT2D eigenvalue weighted by Crippen LogP contribution is -2.36. The van der Waals surface area contributed by atoms with Crippen LogP contribution in [0.25, 0.3) is 0 Å². The van der Waals surface area contributed by atoms with Gasteiger partial charge in [-0.25, -0.2) is 0 Å². The van der Waals surface area contributed by atoms with E-state index in [2.05, 4.69) is 24.3 Å². The third-order valence-corrected chi connectivity index (χ3v) is 3.55. The third-order valence-electron chi connectivity index (χ3n) is 2.30. The average molecular weight is 242 g/mol. The number of carbonyl (C=O) groups is 1. The summed E-state index contributed by atoms with van der Waals surface area (Å²) < 4.78 is 1.54. The molecule has 1 amide bonds. The minimum Gasteiger partial charge on any atom is -0.396 e. The molecule has 1 rings (SSSR count). The van der Waals surface area contributed by atoms with Gasteiger partial charge in [0.1, 0.15) is 0 Å². The van der Waals surface area contributed by atoms with E-state index in [1.54, 1.807) is 25.0 Å². The summed E-state index contributed by atoms with van der Waals surface area (Å²) in [5, 5.41) is 6.84. The Bertz CT molecular complexity index is 386. The van der Waals surface area contributed by atoms with Crippen LogP contribution >= 0.6 is 11.8 Å². The zero-order valence-corrected chi connectivity index (χ0v) is 10.9. The highest BCUT2D eigenvalue weighted by atomic mass is 32.2. The van der Waals surface area contributed by atoms with Crippen molar-refractivity contribution in [3.8, 4) is 0 Å². The molecule has 1 heterocycles. The smallest absolute Gasteiger partial charge is 0.273 e. The Morgan fingerprint density at radius 3 is 2.75 bits per heavy atom. The molecule has 0 unspecified atom stereocenters. The SMILES string of the molecule is CSC(C)(C)CNC(=O)c1nn(C)cc1N. The molecule has 0 atom stereocenters. The Balaban J connectivity index is 2.63. The number of aryl methyl sites for hydroxylation is 1. The Hall–Kier alpha value is -1.17. The average Bonchev–Trinajstić information content (AvgIpc) is 2.54. The number of nitrogens with one attached hydrogen (secondary N) is 1. The number of thioether (sulfide) groups is 1. The first-order valence-corrected chi connectivity index (χ1v) is 6.20. The highest BCUT2D eigenvalue weighted by Gasteiger charge is 2.19. The third kappa shape index (κ3) is 3.16. The first-order valence-electron chi connectivity index (χ1n) is 4.98. The maximum absolute atomic E-state index is 11.8. The molecule has 0 saturated carbocycles. The summed E-state index contributed by atoms with van der Waals surface area (Å²) in [6.45, 7) is 4.72. The molecule has 0 radical (unpaired) electrons. The Morgan fingerprint density at radius 2 is 2.31 bits per heavy atom. The summed E-state index contributed by atoms with van der Waals surface area (Å²) in [5.41, 5.74) is 6.36. The van der Waals surface area contributed by atoms with Gasteiger partial charge in [-0.2, -0.15) is 16.9 Å². The summed E-state index contributed by atoms with van der Waals surface area (Å²) >= 11 is 1.70. The molecule has 0 aromatic carbocycles. The van der Waals surface area contributed by atoms with Crippen LogP contribution in [0.4, 0.5) is 5.69 Å². The molecule has 0 spiro atoms. The number of carbonyl (C=O) groups excluding carboxylic acids is 1. The van der Waals surface area contributed by atoms with Gasteiger partial charge in [-0.3, -0.25) is 9.48 Å².